The van der Waals surface area contributed by atoms with Gasteiger partial charge >= 0.3 is 11.6 Å². The number of piperidine rings is 1. The first-order chi connectivity index (χ1) is 14.5. The van der Waals surface area contributed by atoms with E-state index < -0.39 is 17.5 Å². The Bertz CT molecular complexity index is 1160. The Labute approximate surface area is 173 Å². The van der Waals surface area contributed by atoms with Crippen LogP contribution in [0.4, 0.5) is 5.82 Å². The molecule has 2 aromatic heterocycles. The van der Waals surface area contributed by atoms with Gasteiger partial charge in [0.25, 0.3) is 0 Å². The van der Waals surface area contributed by atoms with Gasteiger partial charge in [-0.1, -0.05) is 6.92 Å². The molecule has 1 N–H and O–H groups in total. The maximum absolute atomic E-state index is 12.8. The van der Waals surface area contributed by atoms with Gasteiger partial charge in [0, 0.05) is 25.4 Å². The number of carbonyl (C=O) groups is 1. The zero-order valence-corrected chi connectivity index (χ0v) is 16.9. The van der Waals surface area contributed by atoms with Gasteiger partial charge < -0.3 is 19.2 Å². The van der Waals surface area contributed by atoms with E-state index in [1.54, 1.807) is 31.5 Å². The number of pyridine rings is 1. The molecule has 1 atom stereocenters. The van der Waals surface area contributed by atoms with Crippen LogP contribution in [0.2, 0.25) is 0 Å². The topological polar surface area (TPSA) is 106 Å². The van der Waals surface area contributed by atoms with Crippen molar-refractivity contribution < 1.29 is 19.1 Å². The van der Waals surface area contributed by atoms with Gasteiger partial charge in [0.1, 0.15) is 11.6 Å². The first-order valence-electron chi connectivity index (χ1n) is 9.96. The van der Waals surface area contributed by atoms with Gasteiger partial charge in [0.15, 0.2) is 0 Å². The maximum atomic E-state index is 12.8. The fourth-order valence-corrected chi connectivity index (χ4v) is 3.95. The monoisotopic (exact) mass is 409 g/mol. The number of ether oxygens (including phenoxy) is 1. The predicted molar refractivity (Wildman–Crippen MR) is 112 cm³/mol. The second-order valence-corrected chi connectivity index (χ2v) is 7.34. The highest BCUT2D eigenvalue weighted by atomic mass is 16.5. The number of carboxylic acids is 1. The third-order valence-electron chi connectivity index (χ3n) is 5.49. The minimum atomic E-state index is -0.813. The predicted octanol–water partition coefficient (Wildman–Crippen LogP) is 3.12. The lowest BCUT2D eigenvalue weighted by Crippen LogP contribution is -2.39. The van der Waals surface area contributed by atoms with Gasteiger partial charge in [-0.2, -0.15) is 0 Å². The minimum absolute atomic E-state index is 0.156. The molecule has 3 heterocycles. The minimum Gasteiger partial charge on any atom is -0.497 e. The highest BCUT2D eigenvalue weighted by Crippen LogP contribution is 2.32. The molecule has 0 spiro atoms. The zero-order valence-electron chi connectivity index (χ0n) is 16.9. The van der Waals surface area contributed by atoms with Crippen molar-refractivity contribution in [3.05, 3.63) is 46.4 Å². The Balaban J connectivity index is 1.84. The smallest absolute Gasteiger partial charge is 0.347 e. The Hall–Kier alpha value is -3.42. The number of aryl methyl sites for hydroxylation is 1. The van der Waals surface area contributed by atoms with E-state index in [0.29, 0.717) is 54.0 Å². The lowest BCUT2D eigenvalue weighted by atomic mass is 9.98. The van der Waals surface area contributed by atoms with Crippen LogP contribution < -0.4 is 15.3 Å². The van der Waals surface area contributed by atoms with Crippen molar-refractivity contribution in [3.8, 4) is 17.2 Å². The maximum Gasteiger partial charge on any atom is 0.347 e. The molecule has 1 aliphatic heterocycles. The molecular formula is C22H23N3O5. The van der Waals surface area contributed by atoms with Crippen molar-refractivity contribution in [3.63, 3.8) is 0 Å². The lowest BCUT2D eigenvalue weighted by molar-refractivity contribution is -0.141. The van der Waals surface area contributed by atoms with E-state index in [-0.39, 0.29) is 5.89 Å². The van der Waals surface area contributed by atoms with Crippen LogP contribution in [0.5, 0.6) is 5.75 Å². The highest BCUT2D eigenvalue weighted by Gasteiger charge is 2.28. The summed E-state index contributed by atoms with van der Waals surface area (Å²) in [5.41, 5.74) is 1.40. The number of hydrogen-bond donors (Lipinski definition) is 1. The summed E-state index contributed by atoms with van der Waals surface area (Å²) in [6.45, 7) is 2.99. The third kappa shape index (κ3) is 3.60. The molecule has 4 rings (SSSR count). The molecule has 0 aliphatic carbocycles. The van der Waals surface area contributed by atoms with Crippen LogP contribution in [0.3, 0.4) is 0 Å². The number of fused-ring (bicyclic) bond motifs is 1. The molecule has 1 fully saturated rings. The summed E-state index contributed by atoms with van der Waals surface area (Å²) in [6.07, 6.45) is 3.67. The Morgan fingerprint density at radius 3 is 2.97 bits per heavy atom. The summed E-state index contributed by atoms with van der Waals surface area (Å²) < 4.78 is 11.0. The summed E-state index contributed by atoms with van der Waals surface area (Å²) in [4.78, 5) is 35.3. The van der Waals surface area contributed by atoms with Crippen LogP contribution in [-0.2, 0) is 11.2 Å². The van der Waals surface area contributed by atoms with Gasteiger partial charge in [0.05, 0.1) is 29.5 Å². The van der Waals surface area contributed by atoms with E-state index in [4.69, 9.17) is 9.15 Å². The third-order valence-corrected chi connectivity index (χ3v) is 5.49. The van der Waals surface area contributed by atoms with E-state index in [1.807, 2.05) is 17.9 Å². The molecule has 0 radical (unpaired) electrons. The standard InChI is InChI=1S/C22H23N3O5/c1-3-13-10-15(29-2)11-17-18(13)22(28)30-20(24-17)16-7-4-8-23-19(16)25-9-5-6-14(12-25)21(26)27/h4,7-8,10-11,14H,3,5-6,9,12H2,1-2H3,(H,26,27)/t14-/m1/s1. The number of carboxylic acid groups (broad SMARTS) is 1. The molecule has 30 heavy (non-hydrogen) atoms. The molecule has 1 saturated heterocycles. The van der Waals surface area contributed by atoms with Crippen molar-refractivity contribution in [2.75, 3.05) is 25.1 Å². The van der Waals surface area contributed by atoms with Crippen LogP contribution >= 0.6 is 0 Å². The molecule has 1 aliphatic rings. The number of nitrogens with zero attached hydrogens (tertiary/aromatic N) is 3. The first-order valence-corrected chi connectivity index (χ1v) is 9.96. The molecule has 1 aromatic carbocycles. The van der Waals surface area contributed by atoms with Crippen molar-refractivity contribution in [2.24, 2.45) is 5.92 Å². The van der Waals surface area contributed by atoms with Gasteiger partial charge in [-0.3, -0.25) is 4.79 Å². The average Bonchev–Trinajstić information content (AvgIpc) is 2.78. The molecule has 156 valence electrons. The molecule has 8 heteroatoms. The zero-order chi connectivity index (χ0) is 21.3. The number of anilines is 1. The SMILES string of the molecule is CCc1cc(OC)cc2nc(-c3cccnc3N3CCC[C@@H](C(=O)O)C3)oc(=O)c12. The van der Waals surface area contributed by atoms with E-state index in [1.165, 1.54) is 0 Å². The van der Waals surface area contributed by atoms with E-state index >= 15 is 0 Å². The quantitative estimate of drug-likeness (QED) is 0.685. The fourth-order valence-electron chi connectivity index (χ4n) is 3.95. The van der Waals surface area contributed by atoms with Crippen molar-refractivity contribution in [1.29, 1.82) is 0 Å². The second kappa shape index (κ2) is 8.14. The van der Waals surface area contributed by atoms with Crippen molar-refractivity contribution in [1.82, 2.24) is 9.97 Å². The van der Waals surface area contributed by atoms with E-state index in [0.717, 1.165) is 12.0 Å². The number of benzene rings is 1. The molecule has 3 aromatic rings. The van der Waals surface area contributed by atoms with E-state index in [2.05, 4.69) is 9.97 Å². The second-order valence-electron chi connectivity index (χ2n) is 7.34. The molecule has 0 unspecified atom stereocenters. The van der Waals surface area contributed by atoms with Gasteiger partial charge in [0.2, 0.25) is 5.89 Å². The summed E-state index contributed by atoms with van der Waals surface area (Å²) in [6, 6.07) is 7.05. The lowest BCUT2D eigenvalue weighted by Gasteiger charge is -2.32. The summed E-state index contributed by atoms with van der Waals surface area (Å²) >= 11 is 0. The van der Waals surface area contributed by atoms with Gasteiger partial charge in [-0.05, 0) is 43.0 Å². The van der Waals surface area contributed by atoms with Gasteiger partial charge in [-0.25, -0.2) is 14.8 Å². The number of aromatic nitrogens is 2. The van der Waals surface area contributed by atoms with Crippen molar-refractivity contribution in [2.45, 2.75) is 26.2 Å². The number of hydrogen-bond acceptors (Lipinski definition) is 7. The van der Waals surface area contributed by atoms with Crippen LogP contribution in [0.1, 0.15) is 25.3 Å². The highest BCUT2D eigenvalue weighted by molar-refractivity contribution is 5.84. The largest absolute Gasteiger partial charge is 0.497 e. The Morgan fingerprint density at radius 1 is 1.40 bits per heavy atom. The molecule has 0 saturated carbocycles. The van der Waals surface area contributed by atoms with Crippen LogP contribution in [0, 0.1) is 5.92 Å². The summed E-state index contributed by atoms with van der Waals surface area (Å²) in [5, 5.41) is 9.85. The van der Waals surface area contributed by atoms with Crippen LogP contribution in [-0.4, -0.2) is 41.2 Å². The van der Waals surface area contributed by atoms with Crippen LogP contribution in [0.15, 0.2) is 39.7 Å². The van der Waals surface area contributed by atoms with E-state index in [9.17, 15) is 14.7 Å². The summed E-state index contributed by atoms with van der Waals surface area (Å²) in [7, 11) is 1.57. The molecule has 0 amide bonds. The number of methoxy groups -OCH3 is 1. The fraction of sp³-hybridized carbons (Fsp3) is 0.364. The average molecular weight is 409 g/mol. The molecular weight excluding hydrogens is 386 g/mol. The molecule has 8 nitrogen and oxygen atoms in total. The summed E-state index contributed by atoms with van der Waals surface area (Å²) in [5.74, 6) is 0.0730. The van der Waals surface area contributed by atoms with Crippen molar-refractivity contribution >= 4 is 22.7 Å². The normalized spacial score (nSPS) is 16.6. The van der Waals surface area contributed by atoms with Gasteiger partial charge in [-0.15, -0.1) is 0 Å². The number of rotatable bonds is 5. The number of aliphatic carboxylic acids is 1. The Kier molecular flexibility index (Phi) is 5.39. The first kappa shape index (κ1) is 19.9. The van der Waals surface area contributed by atoms with Crippen LogP contribution in [0.25, 0.3) is 22.4 Å². The Morgan fingerprint density at radius 2 is 2.23 bits per heavy atom. The molecule has 0 bridgehead atoms.